The van der Waals surface area contributed by atoms with E-state index in [-0.39, 0.29) is 5.97 Å². The summed E-state index contributed by atoms with van der Waals surface area (Å²) in [4.78, 5) is 10.8. The molecule has 0 aromatic carbocycles. The van der Waals surface area contributed by atoms with Gasteiger partial charge in [-0.2, -0.15) is 5.10 Å². The average Bonchev–Trinajstić information content (AvgIpc) is 2.49. The van der Waals surface area contributed by atoms with Crippen molar-refractivity contribution in [3.05, 3.63) is 23.5 Å². The van der Waals surface area contributed by atoms with E-state index in [9.17, 15) is 4.79 Å². The number of carbonyl (C=O) groups excluding carboxylic acids is 1. The van der Waals surface area contributed by atoms with Gasteiger partial charge in [-0.3, -0.25) is 9.48 Å². The van der Waals surface area contributed by atoms with Gasteiger partial charge in [0.05, 0.1) is 11.8 Å². The standard InChI is InChI=1S/C10H12N2O2/c1-7(13)14-10-5-3-4-9-8(10)6-11-12(9)2/h5-6H,3-4H2,1-2H3. The summed E-state index contributed by atoms with van der Waals surface area (Å²) in [6, 6.07) is 0. The molecule has 0 saturated carbocycles. The van der Waals surface area contributed by atoms with Gasteiger partial charge in [0.15, 0.2) is 0 Å². The van der Waals surface area contributed by atoms with Crippen LogP contribution in [0.3, 0.4) is 0 Å². The molecule has 0 saturated heterocycles. The van der Waals surface area contributed by atoms with Crippen LogP contribution in [0.25, 0.3) is 5.76 Å². The van der Waals surface area contributed by atoms with Gasteiger partial charge in [-0.1, -0.05) is 0 Å². The van der Waals surface area contributed by atoms with Crippen LogP contribution < -0.4 is 0 Å². The fourth-order valence-corrected chi connectivity index (χ4v) is 1.67. The topological polar surface area (TPSA) is 44.1 Å². The number of aryl methyl sites for hydroxylation is 1. The van der Waals surface area contributed by atoms with Crippen LogP contribution in [0.15, 0.2) is 12.3 Å². The second kappa shape index (κ2) is 3.29. The molecule has 74 valence electrons. The van der Waals surface area contributed by atoms with E-state index in [1.807, 2.05) is 17.8 Å². The number of nitrogens with zero attached hydrogens (tertiary/aromatic N) is 2. The highest BCUT2D eigenvalue weighted by Gasteiger charge is 2.18. The smallest absolute Gasteiger partial charge is 0.308 e. The lowest BCUT2D eigenvalue weighted by Crippen LogP contribution is -2.07. The number of hydrogen-bond donors (Lipinski definition) is 0. The Morgan fingerprint density at radius 1 is 1.64 bits per heavy atom. The summed E-state index contributed by atoms with van der Waals surface area (Å²) in [5, 5.41) is 4.14. The fourth-order valence-electron chi connectivity index (χ4n) is 1.67. The molecule has 0 fully saturated rings. The van der Waals surface area contributed by atoms with Gasteiger partial charge in [-0.25, -0.2) is 0 Å². The van der Waals surface area contributed by atoms with E-state index >= 15 is 0 Å². The van der Waals surface area contributed by atoms with Gasteiger partial charge in [0.2, 0.25) is 0 Å². The molecular formula is C10H12N2O2. The third kappa shape index (κ3) is 1.43. The van der Waals surface area contributed by atoms with Crippen LogP contribution in [0.2, 0.25) is 0 Å². The summed E-state index contributed by atoms with van der Waals surface area (Å²) in [7, 11) is 1.90. The lowest BCUT2D eigenvalue weighted by Gasteiger charge is -2.13. The second-order valence-corrected chi connectivity index (χ2v) is 3.33. The van der Waals surface area contributed by atoms with Gasteiger partial charge in [0.25, 0.3) is 0 Å². The maximum atomic E-state index is 10.8. The normalized spacial score (nSPS) is 14.6. The van der Waals surface area contributed by atoms with E-state index in [1.165, 1.54) is 6.92 Å². The SMILES string of the molecule is CC(=O)OC1=CCCc2c1cnn2C. The minimum atomic E-state index is -0.284. The van der Waals surface area contributed by atoms with Crippen LogP contribution in [-0.4, -0.2) is 15.7 Å². The van der Waals surface area contributed by atoms with E-state index in [0.717, 1.165) is 24.1 Å². The van der Waals surface area contributed by atoms with Crippen molar-refractivity contribution >= 4 is 11.7 Å². The van der Waals surface area contributed by atoms with Crippen molar-refractivity contribution in [3.63, 3.8) is 0 Å². The van der Waals surface area contributed by atoms with E-state index < -0.39 is 0 Å². The zero-order valence-electron chi connectivity index (χ0n) is 8.28. The molecule has 4 nitrogen and oxygen atoms in total. The molecule has 0 bridgehead atoms. The number of allylic oxidation sites excluding steroid dienone is 1. The largest absolute Gasteiger partial charge is 0.426 e. The van der Waals surface area contributed by atoms with Crippen LogP contribution >= 0.6 is 0 Å². The lowest BCUT2D eigenvalue weighted by atomic mass is 10.0. The first-order chi connectivity index (χ1) is 6.68. The first-order valence-electron chi connectivity index (χ1n) is 4.58. The zero-order chi connectivity index (χ0) is 10.1. The molecule has 2 rings (SSSR count). The second-order valence-electron chi connectivity index (χ2n) is 3.33. The summed E-state index contributed by atoms with van der Waals surface area (Å²) in [5.41, 5.74) is 2.07. The summed E-state index contributed by atoms with van der Waals surface area (Å²) in [5.74, 6) is 0.361. The van der Waals surface area contributed by atoms with Crippen LogP contribution in [-0.2, 0) is 23.0 Å². The Kier molecular flexibility index (Phi) is 2.11. The maximum absolute atomic E-state index is 10.8. The molecule has 1 aromatic rings. The van der Waals surface area contributed by atoms with Crippen LogP contribution in [0.4, 0.5) is 0 Å². The molecule has 0 unspecified atom stereocenters. The Bertz CT molecular complexity index is 404. The van der Waals surface area contributed by atoms with E-state index in [4.69, 9.17) is 4.74 Å². The number of carbonyl (C=O) groups is 1. The van der Waals surface area contributed by atoms with Crippen molar-refractivity contribution in [2.75, 3.05) is 0 Å². The van der Waals surface area contributed by atoms with Crippen molar-refractivity contribution in [1.82, 2.24) is 9.78 Å². The highest BCUT2D eigenvalue weighted by Crippen LogP contribution is 2.26. The summed E-state index contributed by atoms with van der Waals surface area (Å²) in [6.45, 7) is 1.41. The molecule has 0 atom stereocenters. The predicted molar refractivity (Wildman–Crippen MR) is 51.3 cm³/mol. The molecule has 0 amide bonds. The molecule has 0 aliphatic heterocycles. The Hall–Kier alpha value is -1.58. The number of aromatic nitrogens is 2. The summed E-state index contributed by atoms with van der Waals surface area (Å²) < 4.78 is 6.93. The first kappa shape index (κ1) is 8.99. The number of hydrogen-bond acceptors (Lipinski definition) is 3. The molecule has 14 heavy (non-hydrogen) atoms. The highest BCUT2D eigenvalue weighted by atomic mass is 16.5. The molecule has 1 aliphatic rings. The number of ether oxygens (including phenoxy) is 1. The van der Waals surface area contributed by atoms with Gasteiger partial charge >= 0.3 is 5.97 Å². The first-order valence-corrected chi connectivity index (χ1v) is 4.58. The molecular weight excluding hydrogens is 180 g/mol. The van der Waals surface area contributed by atoms with Gasteiger partial charge < -0.3 is 4.74 Å². The van der Waals surface area contributed by atoms with Gasteiger partial charge in [0, 0.05) is 19.7 Å². The number of fused-ring (bicyclic) bond motifs is 1. The Morgan fingerprint density at radius 2 is 2.43 bits per heavy atom. The van der Waals surface area contributed by atoms with E-state index in [0.29, 0.717) is 5.76 Å². The lowest BCUT2D eigenvalue weighted by molar-refractivity contribution is -0.134. The van der Waals surface area contributed by atoms with Crippen molar-refractivity contribution in [1.29, 1.82) is 0 Å². The van der Waals surface area contributed by atoms with Crippen molar-refractivity contribution in [2.24, 2.45) is 7.05 Å². The predicted octanol–water partition coefficient (Wildman–Crippen LogP) is 1.27. The van der Waals surface area contributed by atoms with Crippen LogP contribution in [0.5, 0.6) is 0 Å². The quantitative estimate of drug-likeness (QED) is 0.629. The van der Waals surface area contributed by atoms with Crippen LogP contribution in [0, 0.1) is 0 Å². The monoisotopic (exact) mass is 192 g/mol. The summed E-state index contributed by atoms with van der Waals surface area (Å²) in [6.07, 6.45) is 5.53. The fraction of sp³-hybridized carbons (Fsp3) is 0.400. The minimum absolute atomic E-state index is 0.284. The Labute approximate surface area is 82.2 Å². The van der Waals surface area contributed by atoms with Gasteiger partial charge in [-0.05, 0) is 18.9 Å². The molecule has 0 spiro atoms. The Balaban J connectivity index is 2.35. The van der Waals surface area contributed by atoms with Crippen LogP contribution in [0.1, 0.15) is 24.6 Å². The van der Waals surface area contributed by atoms with E-state index in [1.54, 1.807) is 6.20 Å². The molecule has 1 aliphatic carbocycles. The highest BCUT2D eigenvalue weighted by molar-refractivity contribution is 5.77. The minimum Gasteiger partial charge on any atom is -0.426 e. The molecule has 4 heteroatoms. The van der Waals surface area contributed by atoms with Crippen molar-refractivity contribution in [3.8, 4) is 0 Å². The third-order valence-corrected chi connectivity index (χ3v) is 2.29. The van der Waals surface area contributed by atoms with Gasteiger partial charge in [-0.15, -0.1) is 0 Å². The number of rotatable bonds is 1. The van der Waals surface area contributed by atoms with Crippen molar-refractivity contribution < 1.29 is 9.53 Å². The molecule has 1 heterocycles. The average molecular weight is 192 g/mol. The molecule has 1 aromatic heterocycles. The van der Waals surface area contributed by atoms with E-state index in [2.05, 4.69) is 5.10 Å². The zero-order valence-corrected chi connectivity index (χ0v) is 8.28. The third-order valence-electron chi connectivity index (χ3n) is 2.29. The van der Waals surface area contributed by atoms with Crippen molar-refractivity contribution in [2.45, 2.75) is 19.8 Å². The number of esters is 1. The van der Waals surface area contributed by atoms with Gasteiger partial charge in [0.1, 0.15) is 5.76 Å². The molecule has 0 N–H and O–H groups in total. The Morgan fingerprint density at radius 3 is 3.14 bits per heavy atom. The molecule has 0 radical (unpaired) electrons. The maximum Gasteiger partial charge on any atom is 0.308 e. The summed E-state index contributed by atoms with van der Waals surface area (Å²) >= 11 is 0.